The van der Waals surface area contributed by atoms with Crippen LogP contribution in [0.1, 0.15) is 54.5 Å². The van der Waals surface area contributed by atoms with Crippen LogP contribution in [-0.4, -0.2) is 40.8 Å². The summed E-state index contributed by atoms with van der Waals surface area (Å²) in [4.78, 5) is 2.08. The molecule has 11 heteroatoms. The second kappa shape index (κ2) is 11.0. The average molecular weight is 535 g/mol. The minimum Gasteiger partial charge on any atom is -0.392 e. The zero-order valence-electron chi connectivity index (χ0n) is 19.6. The summed E-state index contributed by atoms with van der Waals surface area (Å²) in [5.41, 5.74) is 2.77. The van der Waals surface area contributed by atoms with Gasteiger partial charge in [0.25, 0.3) is 0 Å². The van der Waals surface area contributed by atoms with Crippen molar-refractivity contribution < 1.29 is 36.2 Å². The van der Waals surface area contributed by atoms with Gasteiger partial charge >= 0.3 is 12.4 Å². The number of aliphatic hydroxyl groups excluding tert-OH is 1. The number of thiocarbonyl (C=S) groups is 1. The molecule has 0 saturated carbocycles. The van der Waals surface area contributed by atoms with Gasteiger partial charge in [-0.15, -0.1) is 0 Å². The van der Waals surface area contributed by atoms with Crippen LogP contribution in [0.3, 0.4) is 0 Å². The zero-order valence-corrected chi connectivity index (χ0v) is 20.4. The van der Waals surface area contributed by atoms with Crippen molar-refractivity contribution in [3.05, 3.63) is 70.8 Å². The number of rotatable bonds is 7. The van der Waals surface area contributed by atoms with Crippen LogP contribution in [0.4, 0.5) is 26.3 Å². The minimum atomic E-state index is -4.95. The number of hydrogen-bond acceptors (Lipinski definition) is 4. The molecular weight excluding hydrogens is 506 g/mol. The Kier molecular flexibility index (Phi) is 8.70. The lowest BCUT2D eigenvalue weighted by molar-refractivity contribution is -0.143. The first-order valence-electron chi connectivity index (χ1n) is 11.4. The summed E-state index contributed by atoms with van der Waals surface area (Å²) in [5.74, 6) is 0. The highest BCUT2D eigenvalue weighted by Crippen LogP contribution is 2.41. The fraction of sp³-hybridized carbons (Fsp3) is 0.480. The Hall–Kier alpha value is -2.21. The molecule has 4 nitrogen and oxygen atoms in total. The number of aliphatic hydroxyl groups is 1. The summed E-state index contributed by atoms with van der Waals surface area (Å²) in [5, 5.41) is 10.4. The van der Waals surface area contributed by atoms with Crippen molar-refractivity contribution in [1.82, 2.24) is 4.90 Å². The third-order valence-electron chi connectivity index (χ3n) is 6.47. The summed E-state index contributed by atoms with van der Waals surface area (Å²) in [6.07, 6.45) is -10.0. The van der Waals surface area contributed by atoms with Gasteiger partial charge in [-0.25, -0.2) is 0 Å². The van der Waals surface area contributed by atoms with Crippen LogP contribution in [0.25, 0.3) is 0 Å². The number of benzene rings is 2. The van der Waals surface area contributed by atoms with E-state index >= 15 is 0 Å². The third-order valence-corrected chi connectivity index (χ3v) is 6.60. The van der Waals surface area contributed by atoms with E-state index in [0.717, 1.165) is 5.56 Å². The summed E-state index contributed by atoms with van der Waals surface area (Å²) in [7, 11) is 0. The quantitative estimate of drug-likeness (QED) is 0.346. The SMILES string of the molecule is C[C@@H](OC[C@@]1(c2ccccc2)CCCC(O)CN1CC(N)=S)c1cc(C(F)(F)F)cc(C(F)(F)F)c1. The smallest absolute Gasteiger partial charge is 0.392 e. The highest BCUT2D eigenvalue weighted by molar-refractivity contribution is 7.80. The molecule has 1 fully saturated rings. The maximum absolute atomic E-state index is 13.4. The van der Waals surface area contributed by atoms with Gasteiger partial charge in [0.15, 0.2) is 0 Å². The molecule has 0 amide bonds. The first kappa shape index (κ1) is 28.4. The van der Waals surface area contributed by atoms with Crippen molar-refractivity contribution in [2.45, 2.75) is 56.3 Å². The van der Waals surface area contributed by atoms with E-state index in [2.05, 4.69) is 0 Å². The molecule has 2 aromatic rings. The molecule has 1 heterocycles. The van der Waals surface area contributed by atoms with Crippen molar-refractivity contribution in [3.63, 3.8) is 0 Å². The number of ether oxygens (including phenoxy) is 1. The maximum atomic E-state index is 13.4. The molecule has 0 spiro atoms. The van der Waals surface area contributed by atoms with Gasteiger partial charge in [-0.2, -0.15) is 26.3 Å². The molecule has 3 N–H and O–H groups in total. The molecule has 3 atom stereocenters. The summed E-state index contributed by atoms with van der Waals surface area (Å²) in [6, 6.07) is 10.7. The molecule has 0 aromatic heterocycles. The third kappa shape index (κ3) is 6.76. The minimum absolute atomic E-state index is 0.0644. The van der Waals surface area contributed by atoms with Crippen LogP contribution >= 0.6 is 12.2 Å². The number of likely N-dealkylation sites (tertiary alicyclic amines) is 1. The van der Waals surface area contributed by atoms with Crippen LogP contribution in [0.2, 0.25) is 0 Å². The molecule has 36 heavy (non-hydrogen) atoms. The molecule has 1 aliphatic heterocycles. The maximum Gasteiger partial charge on any atom is 0.416 e. The Morgan fingerprint density at radius 1 is 1.11 bits per heavy atom. The Morgan fingerprint density at radius 2 is 1.69 bits per heavy atom. The van der Waals surface area contributed by atoms with E-state index < -0.39 is 41.2 Å². The van der Waals surface area contributed by atoms with Crippen molar-refractivity contribution in [3.8, 4) is 0 Å². The van der Waals surface area contributed by atoms with Gasteiger partial charge in [0, 0.05) is 13.1 Å². The largest absolute Gasteiger partial charge is 0.416 e. The zero-order chi connectivity index (χ0) is 26.7. The highest BCUT2D eigenvalue weighted by Gasteiger charge is 2.42. The topological polar surface area (TPSA) is 58.7 Å². The summed E-state index contributed by atoms with van der Waals surface area (Å²) < 4.78 is 86.1. The first-order chi connectivity index (χ1) is 16.7. The lowest BCUT2D eigenvalue weighted by atomic mass is 9.84. The van der Waals surface area contributed by atoms with Crippen molar-refractivity contribution in [2.75, 3.05) is 19.7 Å². The molecule has 0 bridgehead atoms. The van der Waals surface area contributed by atoms with E-state index in [1.807, 2.05) is 35.2 Å². The predicted octanol–water partition coefficient (Wildman–Crippen LogP) is 5.83. The standard InChI is InChI=1S/C25H28F6N2O2S/c1-16(17-10-19(24(26,27)28)12-20(11-17)25(29,30)31)35-15-23(18-6-3-2-4-7-18)9-5-8-21(34)13-33(23)14-22(32)36/h2-4,6-7,10-12,16,21,34H,5,8-9,13-15H2,1H3,(H2,32,36)/t16-,21?,23-/m1/s1. The van der Waals surface area contributed by atoms with Gasteiger partial charge in [-0.05, 0) is 55.5 Å². The van der Waals surface area contributed by atoms with Gasteiger partial charge in [-0.1, -0.05) is 42.5 Å². The average Bonchev–Trinajstić information content (AvgIpc) is 2.94. The van der Waals surface area contributed by atoms with E-state index in [0.29, 0.717) is 31.4 Å². The fourth-order valence-corrected chi connectivity index (χ4v) is 4.76. The second-order valence-electron chi connectivity index (χ2n) is 9.08. The van der Waals surface area contributed by atoms with E-state index in [-0.39, 0.29) is 36.3 Å². The molecular formula is C25H28F6N2O2S. The lowest BCUT2D eigenvalue weighted by Gasteiger charge is -2.44. The molecule has 2 aromatic carbocycles. The molecule has 198 valence electrons. The predicted molar refractivity (Wildman–Crippen MR) is 127 cm³/mol. The van der Waals surface area contributed by atoms with E-state index in [9.17, 15) is 31.4 Å². The van der Waals surface area contributed by atoms with Gasteiger partial charge in [0.1, 0.15) is 0 Å². The van der Waals surface area contributed by atoms with E-state index in [1.54, 1.807) is 0 Å². The van der Waals surface area contributed by atoms with Gasteiger partial charge in [0.05, 0.1) is 40.5 Å². The van der Waals surface area contributed by atoms with Crippen LogP contribution in [0.5, 0.6) is 0 Å². The summed E-state index contributed by atoms with van der Waals surface area (Å²) >= 11 is 5.12. The molecule has 0 radical (unpaired) electrons. The number of halogens is 6. The normalized spacial score (nSPS) is 22.7. The first-order valence-corrected chi connectivity index (χ1v) is 11.8. The fourth-order valence-electron chi connectivity index (χ4n) is 4.61. The Labute approximate surface area is 211 Å². The van der Waals surface area contributed by atoms with Crippen LogP contribution in [0, 0.1) is 0 Å². The van der Waals surface area contributed by atoms with Crippen molar-refractivity contribution in [1.29, 1.82) is 0 Å². The number of hydrogen-bond donors (Lipinski definition) is 2. The van der Waals surface area contributed by atoms with Gasteiger partial charge < -0.3 is 15.6 Å². The van der Waals surface area contributed by atoms with Gasteiger partial charge in [0.2, 0.25) is 0 Å². The number of β-amino-alcohol motifs (C(OH)–C–C–N with tert-alkyl or cyclic N) is 1. The Balaban J connectivity index is 2.00. The van der Waals surface area contributed by atoms with Gasteiger partial charge in [-0.3, -0.25) is 4.90 Å². The van der Waals surface area contributed by atoms with Crippen LogP contribution < -0.4 is 5.73 Å². The molecule has 1 aliphatic rings. The lowest BCUT2D eigenvalue weighted by Crippen LogP contribution is -2.53. The molecule has 1 saturated heterocycles. The van der Waals surface area contributed by atoms with E-state index in [4.69, 9.17) is 22.7 Å². The van der Waals surface area contributed by atoms with E-state index in [1.165, 1.54) is 6.92 Å². The Bertz CT molecular complexity index is 1010. The van der Waals surface area contributed by atoms with Crippen molar-refractivity contribution >= 4 is 17.2 Å². The highest BCUT2D eigenvalue weighted by atomic mass is 32.1. The number of alkyl halides is 6. The van der Waals surface area contributed by atoms with Crippen LogP contribution in [-0.2, 0) is 22.6 Å². The molecule has 1 unspecified atom stereocenters. The van der Waals surface area contributed by atoms with Crippen LogP contribution in [0.15, 0.2) is 48.5 Å². The van der Waals surface area contributed by atoms with Crippen molar-refractivity contribution in [2.24, 2.45) is 5.73 Å². The Morgan fingerprint density at radius 3 is 2.22 bits per heavy atom. The number of nitrogens with zero attached hydrogens (tertiary/aromatic N) is 1. The second-order valence-corrected chi connectivity index (χ2v) is 9.61. The number of nitrogens with two attached hydrogens (primary N) is 1. The molecule has 0 aliphatic carbocycles. The molecule has 3 rings (SSSR count). The monoisotopic (exact) mass is 534 g/mol. The summed E-state index contributed by atoms with van der Waals surface area (Å²) in [6.45, 7) is 1.73.